The summed E-state index contributed by atoms with van der Waals surface area (Å²) in [5.74, 6) is 0.227. The molecule has 1 saturated carbocycles. The van der Waals surface area contributed by atoms with Gasteiger partial charge in [0.2, 0.25) is 15.9 Å². The van der Waals surface area contributed by atoms with Gasteiger partial charge < -0.3 is 5.32 Å². The lowest BCUT2D eigenvalue weighted by molar-refractivity contribution is -0.122. The van der Waals surface area contributed by atoms with Gasteiger partial charge in [0.05, 0.1) is 5.75 Å². The van der Waals surface area contributed by atoms with E-state index in [4.69, 9.17) is 0 Å². The summed E-state index contributed by atoms with van der Waals surface area (Å²) in [4.78, 5) is 11.8. The molecule has 1 aliphatic heterocycles. The molecular formula is C13H24N2O3S. The Labute approximate surface area is 115 Å². The Kier molecular flexibility index (Phi) is 5.21. The zero-order valence-electron chi connectivity index (χ0n) is 11.4. The molecule has 0 aromatic heterocycles. The van der Waals surface area contributed by atoms with Crippen molar-refractivity contribution in [2.24, 2.45) is 0 Å². The molecule has 0 atom stereocenters. The van der Waals surface area contributed by atoms with Gasteiger partial charge in [-0.3, -0.25) is 4.79 Å². The van der Waals surface area contributed by atoms with Gasteiger partial charge in [-0.2, -0.15) is 0 Å². The Hall–Kier alpha value is -0.620. The van der Waals surface area contributed by atoms with Crippen LogP contribution >= 0.6 is 0 Å². The summed E-state index contributed by atoms with van der Waals surface area (Å²) in [7, 11) is -3.10. The predicted octanol–water partition coefficient (Wildman–Crippen LogP) is 1.25. The predicted molar refractivity (Wildman–Crippen MR) is 74.2 cm³/mol. The van der Waals surface area contributed by atoms with Crippen LogP contribution in [0.25, 0.3) is 0 Å². The number of carbonyl (C=O) groups is 1. The number of sulfonamides is 1. The van der Waals surface area contributed by atoms with Gasteiger partial charge in [-0.25, -0.2) is 12.7 Å². The number of nitrogens with one attached hydrogen (secondary N) is 1. The molecule has 0 aromatic rings. The quantitative estimate of drug-likeness (QED) is 0.846. The second kappa shape index (κ2) is 6.70. The van der Waals surface area contributed by atoms with Gasteiger partial charge in [0, 0.05) is 25.6 Å². The van der Waals surface area contributed by atoms with Crippen LogP contribution in [0.15, 0.2) is 0 Å². The van der Waals surface area contributed by atoms with Gasteiger partial charge in [-0.05, 0) is 25.7 Å². The summed E-state index contributed by atoms with van der Waals surface area (Å²) < 4.78 is 25.0. The van der Waals surface area contributed by atoms with Crippen LogP contribution in [0.2, 0.25) is 0 Å². The molecule has 1 aliphatic carbocycles. The molecule has 5 nitrogen and oxygen atoms in total. The molecule has 1 saturated heterocycles. The minimum Gasteiger partial charge on any atom is -0.353 e. The number of hydrogen-bond donors (Lipinski definition) is 1. The van der Waals surface area contributed by atoms with Crippen molar-refractivity contribution in [3.05, 3.63) is 0 Å². The SMILES string of the molecule is O=C(CCN1CCCCS1(=O)=O)NC1CCCCC1. The van der Waals surface area contributed by atoms with Gasteiger partial charge in [0.15, 0.2) is 0 Å². The van der Waals surface area contributed by atoms with Crippen LogP contribution in [0.4, 0.5) is 0 Å². The van der Waals surface area contributed by atoms with Crippen molar-refractivity contribution in [2.45, 2.75) is 57.4 Å². The topological polar surface area (TPSA) is 66.5 Å². The van der Waals surface area contributed by atoms with E-state index in [2.05, 4.69) is 5.32 Å². The van der Waals surface area contributed by atoms with E-state index in [1.54, 1.807) is 0 Å². The van der Waals surface area contributed by atoms with Crippen molar-refractivity contribution in [3.8, 4) is 0 Å². The molecule has 110 valence electrons. The van der Waals surface area contributed by atoms with E-state index in [0.29, 0.717) is 19.1 Å². The molecule has 1 amide bonds. The third kappa shape index (κ3) is 4.45. The van der Waals surface area contributed by atoms with Crippen LogP contribution in [-0.2, 0) is 14.8 Å². The third-order valence-electron chi connectivity index (χ3n) is 4.01. The van der Waals surface area contributed by atoms with Crippen molar-refractivity contribution in [2.75, 3.05) is 18.8 Å². The summed E-state index contributed by atoms with van der Waals surface area (Å²) in [6, 6.07) is 0.305. The number of nitrogens with zero attached hydrogens (tertiary/aromatic N) is 1. The average Bonchev–Trinajstić information content (AvgIpc) is 2.38. The molecular weight excluding hydrogens is 264 g/mol. The van der Waals surface area contributed by atoms with Crippen molar-refractivity contribution in [3.63, 3.8) is 0 Å². The first-order valence-corrected chi connectivity index (χ1v) is 8.96. The van der Waals surface area contributed by atoms with Crippen molar-refractivity contribution >= 4 is 15.9 Å². The maximum atomic E-state index is 11.8. The van der Waals surface area contributed by atoms with Gasteiger partial charge >= 0.3 is 0 Å². The van der Waals surface area contributed by atoms with Crippen molar-refractivity contribution in [1.82, 2.24) is 9.62 Å². The summed E-state index contributed by atoms with van der Waals surface area (Å²) >= 11 is 0. The highest BCUT2D eigenvalue weighted by Gasteiger charge is 2.26. The highest BCUT2D eigenvalue weighted by molar-refractivity contribution is 7.89. The third-order valence-corrected chi connectivity index (χ3v) is 5.97. The molecule has 0 bridgehead atoms. The zero-order chi connectivity index (χ0) is 13.7. The fourth-order valence-corrected chi connectivity index (χ4v) is 4.47. The zero-order valence-corrected chi connectivity index (χ0v) is 12.3. The van der Waals surface area contributed by atoms with Crippen molar-refractivity contribution < 1.29 is 13.2 Å². The number of amides is 1. The monoisotopic (exact) mass is 288 g/mol. The molecule has 2 fully saturated rings. The molecule has 0 unspecified atom stereocenters. The van der Waals surface area contributed by atoms with Crippen LogP contribution in [-0.4, -0.2) is 43.5 Å². The molecule has 6 heteroatoms. The number of rotatable bonds is 4. The lowest BCUT2D eigenvalue weighted by Gasteiger charge is -2.27. The molecule has 2 rings (SSSR count). The van der Waals surface area contributed by atoms with Crippen LogP contribution in [0, 0.1) is 0 Å². The van der Waals surface area contributed by atoms with E-state index in [9.17, 15) is 13.2 Å². The molecule has 0 radical (unpaired) electrons. The smallest absolute Gasteiger partial charge is 0.221 e. The van der Waals surface area contributed by atoms with E-state index in [1.165, 1.54) is 23.6 Å². The van der Waals surface area contributed by atoms with Gasteiger partial charge in [-0.15, -0.1) is 0 Å². The number of hydrogen-bond acceptors (Lipinski definition) is 3. The normalized spacial score (nSPS) is 25.1. The Morgan fingerprint density at radius 2 is 1.84 bits per heavy atom. The molecule has 2 aliphatic rings. The maximum Gasteiger partial charge on any atom is 0.221 e. The van der Waals surface area contributed by atoms with E-state index in [-0.39, 0.29) is 18.1 Å². The van der Waals surface area contributed by atoms with E-state index >= 15 is 0 Å². The van der Waals surface area contributed by atoms with E-state index in [1.807, 2.05) is 0 Å². The van der Waals surface area contributed by atoms with Gasteiger partial charge in [0.1, 0.15) is 0 Å². The fraction of sp³-hybridized carbons (Fsp3) is 0.923. The largest absolute Gasteiger partial charge is 0.353 e. The number of carbonyl (C=O) groups excluding carboxylic acids is 1. The van der Waals surface area contributed by atoms with Crippen LogP contribution in [0.1, 0.15) is 51.4 Å². The second-order valence-electron chi connectivity index (χ2n) is 5.57. The standard InChI is InChI=1S/C13H24N2O3S/c16-13(14-12-6-2-1-3-7-12)8-10-15-9-4-5-11-19(15,17)18/h12H,1-11H2,(H,14,16). The Balaban J connectivity index is 1.73. The van der Waals surface area contributed by atoms with Crippen LogP contribution in [0.3, 0.4) is 0 Å². The Morgan fingerprint density at radius 1 is 1.11 bits per heavy atom. The maximum absolute atomic E-state index is 11.8. The molecule has 1 heterocycles. The highest BCUT2D eigenvalue weighted by atomic mass is 32.2. The van der Waals surface area contributed by atoms with Gasteiger partial charge in [-0.1, -0.05) is 19.3 Å². The Bertz CT molecular complexity index is 402. The lowest BCUT2D eigenvalue weighted by atomic mass is 9.95. The van der Waals surface area contributed by atoms with Crippen LogP contribution < -0.4 is 5.32 Å². The average molecular weight is 288 g/mol. The molecule has 0 aromatic carbocycles. The van der Waals surface area contributed by atoms with Crippen LogP contribution in [0.5, 0.6) is 0 Å². The van der Waals surface area contributed by atoms with Gasteiger partial charge in [0.25, 0.3) is 0 Å². The first-order chi connectivity index (χ1) is 9.08. The van der Waals surface area contributed by atoms with Crippen molar-refractivity contribution in [1.29, 1.82) is 0 Å². The fourth-order valence-electron chi connectivity index (χ4n) is 2.86. The summed E-state index contributed by atoms with van der Waals surface area (Å²) in [5.41, 5.74) is 0. The Morgan fingerprint density at radius 3 is 2.53 bits per heavy atom. The molecule has 19 heavy (non-hydrogen) atoms. The summed E-state index contributed by atoms with van der Waals surface area (Å²) in [6.45, 7) is 0.903. The van der Waals surface area contributed by atoms with E-state index in [0.717, 1.165) is 25.7 Å². The summed E-state index contributed by atoms with van der Waals surface area (Å²) in [5, 5.41) is 3.03. The molecule has 0 spiro atoms. The molecule has 1 N–H and O–H groups in total. The van der Waals surface area contributed by atoms with E-state index < -0.39 is 10.0 Å². The second-order valence-corrected chi connectivity index (χ2v) is 7.66. The summed E-state index contributed by atoms with van der Waals surface area (Å²) in [6.07, 6.45) is 7.70. The first-order valence-electron chi connectivity index (χ1n) is 7.35. The minimum atomic E-state index is -3.10. The minimum absolute atomic E-state index is 0.00678. The lowest BCUT2D eigenvalue weighted by Crippen LogP contribution is -2.42. The first kappa shape index (κ1) is 14.8. The highest BCUT2D eigenvalue weighted by Crippen LogP contribution is 2.18.